The molecule has 0 radical (unpaired) electrons. The van der Waals surface area contributed by atoms with E-state index in [0.717, 1.165) is 0 Å². The van der Waals surface area contributed by atoms with Crippen molar-refractivity contribution >= 4 is 0 Å². The summed E-state index contributed by atoms with van der Waals surface area (Å²) in [4.78, 5) is 3.90. The van der Waals surface area contributed by atoms with Crippen LogP contribution in [0.25, 0.3) is 0 Å². The van der Waals surface area contributed by atoms with Gasteiger partial charge in [0.1, 0.15) is 0 Å². The molecule has 1 rings (SSSR count). The Hall–Kier alpha value is -1.52. The fraction of sp³-hybridized carbons (Fsp3) is 0.333. The van der Waals surface area contributed by atoms with Gasteiger partial charge in [-0.15, -0.1) is 5.10 Å². The van der Waals surface area contributed by atoms with E-state index < -0.39 is 0 Å². The average molecular weight is 154 g/mol. The smallest absolute Gasteiger partial charge is 0.248 e. The monoisotopic (exact) mass is 154 g/mol. The molecule has 5 heteroatoms. The predicted octanol–water partition coefficient (Wildman–Crippen LogP) is -0.797. The molecule has 0 aromatic carbocycles. The highest BCUT2D eigenvalue weighted by Crippen LogP contribution is 2.00. The Morgan fingerprint density at radius 2 is 2.45 bits per heavy atom. The van der Waals surface area contributed by atoms with E-state index in [1.54, 1.807) is 31.0 Å². The molecule has 0 saturated heterocycles. The molecule has 0 aliphatic carbocycles. The molecule has 1 aromatic heterocycles. The highest BCUT2D eigenvalue weighted by molar-refractivity contribution is 5.06. The highest BCUT2D eigenvalue weighted by Gasteiger charge is 1.94. The van der Waals surface area contributed by atoms with Crippen molar-refractivity contribution in [3.05, 3.63) is 17.9 Å². The normalized spacial score (nSPS) is 11.6. The van der Waals surface area contributed by atoms with Crippen LogP contribution in [-0.2, 0) is 7.05 Å². The zero-order valence-electron chi connectivity index (χ0n) is 6.48. The van der Waals surface area contributed by atoms with Crippen molar-refractivity contribution in [2.45, 2.75) is 0 Å². The quantitative estimate of drug-likeness (QED) is 0.425. The fourth-order valence-electron chi connectivity index (χ4n) is 0.790. The van der Waals surface area contributed by atoms with E-state index in [1.807, 2.05) is 0 Å². The Bertz CT molecular complexity index is 304. The minimum atomic E-state index is 0.435. The Labute approximate surface area is 64.1 Å². The largest absolute Gasteiger partial charge is 0.482 e. The van der Waals surface area contributed by atoms with Gasteiger partial charge in [0.25, 0.3) is 0 Å². The molecule has 0 spiro atoms. The maximum atomic E-state index is 5.06. The summed E-state index contributed by atoms with van der Waals surface area (Å²) < 4.78 is 6.65. The summed E-state index contributed by atoms with van der Waals surface area (Å²) >= 11 is 0. The number of aromatic nitrogens is 2. The molecular weight excluding hydrogens is 144 g/mol. The third kappa shape index (κ3) is 1.31. The van der Waals surface area contributed by atoms with Gasteiger partial charge in [0, 0.05) is 19.3 Å². The van der Waals surface area contributed by atoms with Gasteiger partial charge in [-0.3, -0.25) is 4.57 Å². The number of ether oxygens (including phenoxy) is 1. The van der Waals surface area contributed by atoms with Gasteiger partial charge in [-0.05, 0) is 0 Å². The average Bonchev–Trinajstić information content (AvgIpc) is 2.05. The van der Waals surface area contributed by atoms with Crippen LogP contribution in [0.3, 0.4) is 0 Å². The Kier molecular flexibility index (Phi) is 2.10. The van der Waals surface area contributed by atoms with Crippen molar-refractivity contribution < 1.29 is 4.74 Å². The zero-order valence-corrected chi connectivity index (χ0v) is 6.48. The van der Waals surface area contributed by atoms with Crippen LogP contribution in [0.4, 0.5) is 0 Å². The number of hydrogen-bond donors (Lipinski definition) is 1. The van der Waals surface area contributed by atoms with Crippen LogP contribution < -0.4 is 16.2 Å². The van der Waals surface area contributed by atoms with Crippen molar-refractivity contribution in [3.8, 4) is 5.88 Å². The summed E-state index contributed by atoms with van der Waals surface area (Å²) in [6.07, 6.45) is 1.59. The Morgan fingerprint density at radius 1 is 1.73 bits per heavy atom. The lowest BCUT2D eigenvalue weighted by molar-refractivity contribution is 0.371. The predicted molar refractivity (Wildman–Crippen MR) is 39.5 cm³/mol. The molecule has 0 unspecified atom stereocenters. The van der Waals surface area contributed by atoms with Crippen molar-refractivity contribution in [1.82, 2.24) is 9.55 Å². The number of nitrogens with zero attached hydrogens (tertiary/aromatic N) is 3. The summed E-state index contributed by atoms with van der Waals surface area (Å²) in [5, 5.41) is 3.45. The van der Waals surface area contributed by atoms with Gasteiger partial charge in [0.15, 0.2) is 5.88 Å². The number of nitrogens with two attached hydrogens (primary N) is 1. The van der Waals surface area contributed by atoms with Crippen molar-refractivity contribution in [2.75, 3.05) is 7.11 Å². The van der Waals surface area contributed by atoms with Gasteiger partial charge in [0.2, 0.25) is 5.62 Å². The third-order valence-electron chi connectivity index (χ3n) is 1.36. The van der Waals surface area contributed by atoms with Gasteiger partial charge in [-0.1, -0.05) is 0 Å². The van der Waals surface area contributed by atoms with Crippen molar-refractivity contribution in [1.29, 1.82) is 0 Å². The molecular formula is C6H10N4O. The van der Waals surface area contributed by atoms with E-state index in [-0.39, 0.29) is 0 Å². The van der Waals surface area contributed by atoms with Gasteiger partial charge >= 0.3 is 0 Å². The van der Waals surface area contributed by atoms with Gasteiger partial charge in [0.05, 0.1) is 7.11 Å². The maximum absolute atomic E-state index is 5.06. The van der Waals surface area contributed by atoms with Crippen LogP contribution in [0.1, 0.15) is 0 Å². The number of hydrogen-bond acceptors (Lipinski definition) is 4. The van der Waals surface area contributed by atoms with Crippen LogP contribution >= 0.6 is 0 Å². The van der Waals surface area contributed by atoms with E-state index in [2.05, 4.69) is 10.1 Å². The first-order valence-electron chi connectivity index (χ1n) is 3.09. The summed E-state index contributed by atoms with van der Waals surface area (Å²) in [6.45, 7) is 0. The lowest BCUT2D eigenvalue weighted by Gasteiger charge is -2.04. The van der Waals surface area contributed by atoms with E-state index in [9.17, 15) is 0 Å². The van der Waals surface area contributed by atoms with Crippen molar-refractivity contribution in [2.24, 2.45) is 18.0 Å². The summed E-state index contributed by atoms with van der Waals surface area (Å²) in [7, 11) is 3.35. The first-order chi connectivity index (χ1) is 5.29. The topological polar surface area (TPSA) is 65.4 Å². The second kappa shape index (κ2) is 3.05. The van der Waals surface area contributed by atoms with Crippen molar-refractivity contribution in [3.63, 3.8) is 0 Å². The van der Waals surface area contributed by atoms with Crippen LogP contribution in [0, 0.1) is 0 Å². The van der Waals surface area contributed by atoms with E-state index in [0.29, 0.717) is 11.5 Å². The molecule has 0 atom stereocenters. The van der Waals surface area contributed by atoms with E-state index >= 15 is 0 Å². The molecule has 2 N–H and O–H groups in total. The van der Waals surface area contributed by atoms with Gasteiger partial charge in [-0.25, -0.2) is 4.98 Å². The van der Waals surface area contributed by atoms with Crippen LogP contribution in [-0.4, -0.2) is 16.7 Å². The minimum Gasteiger partial charge on any atom is -0.482 e. The Morgan fingerprint density at radius 3 is 3.00 bits per heavy atom. The lowest BCUT2D eigenvalue weighted by atomic mass is 10.6. The first kappa shape index (κ1) is 7.59. The molecule has 0 fully saturated rings. The second-order valence-electron chi connectivity index (χ2n) is 1.98. The van der Waals surface area contributed by atoms with Gasteiger partial charge < -0.3 is 10.6 Å². The molecule has 0 saturated carbocycles. The molecule has 11 heavy (non-hydrogen) atoms. The second-order valence-corrected chi connectivity index (χ2v) is 1.98. The van der Waals surface area contributed by atoms with Crippen LogP contribution in [0.2, 0.25) is 0 Å². The van der Waals surface area contributed by atoms with E-state index in [4.69, 9.17) is 10.6 Å². The third-order valence-corrected chi connectivity index (χ3v) is 1.36. The summed E-state index contributed by atoms with van der Waals surface area (Å²) in [5.41, 5.74) is 0.435. The number of rotatable bonds is 1. The van der Waals surface area contributed by atoms with Gasteiger partial charge in [-0.2, -0.15) is 0 Å². The number of methoxy groups -OCH3 is 1. The molecule has 1 heterocycles. The SMILES string of the molecule is COc1ccnc(=NN)n1C. The Balaban J connectivity index is 3.33. The molecule has 5 nitrogen and oxygen atoms in total. The fourth-order valence-corrected chi connectivity index (χ4v) is 0.790. The summed E-state index contributed by atoms with van der Waals surface area (Å²) in [6, 6.07) is 1.73. The van der Waals surface area contributed by atoms with Crippen LogP contribution in [0.15, 0.2) is 17.4 Å². The zero-order chi connectivity index (χ0) is 8.27. The maximum Gasteiger partial charge on any atom is 0.248 e. The molecule has 1 aromatic rings. The standard InChI is InChI=1S/C6H10N4O/c1-10-5(11-2)3-4-8-6(10)9-7/h3-4H,7H2,1-2H3. The summed E-state index contributed by atoms with van der Waals surface area (Å²) in [5.74, 6) is 5.73. The lowest BCUT2D eigenvalue weighted by Crippen LogP contribution is -2.23. The van der Waals surface area contributed by atoms with Crippen LogP contribution in [0.5, 0.6) is 5.88 Å². The molecule has 0 amide bonds. The molecule has 60 valence electrons. The first-order valence-corrected chi connectivity index (χ1v) is 3.09. The minimum absolute atomic E-state index is 0.435. The molecule has 0 aliphatic heterocycles. The molecule has 0 aliphatic rings. The molecule has 0 bridgehead atoms. The highest BCUT2D eigenvalue weighted by atomic mass is 16.5. The van der Waals surface area contributed by atoms with E-state index in [1.165, 1.54) is 0 Å².